The smallest absolute Gasteiger partial charge is 0.274 e. The third-order valence-electron chi connectivity index (χ3n) is 6.03. The molecule has 0 saturated carbocycles. The fourth-order valence-corrected chi connectivity index (χ4v) is 5.30. The number of carbonyl (C=O) groups is 1. The van der Waals surface area contributed by atoms with Crippen molar-refractivity contribution in [2.75, 3.05) is 6.54 Å². The maximum atomic E-state index is 14.1. The largest absolute Gasteiger partial charge is 0.389 e. The Bertz CT molecular complexity index is 1350. The van der Waals surface area contributed by atoms with Crippen LogP contribution in [0.25, 0.3) is 21.5 Å². The number of nitrogens with zero attached hydrogens (tertiary/aromatic N) is 3. The molecule has 10 heteroatoms. The minimum Gasteiger partial charge on any atom is -0.389 e. The Morgan fingerprint density at radius 3 is 2.68 bits per heavy atom. The zero-order valence-electron chi connectivity index (χ0n) is 18.0. The summed E-state index contributed by atoms with van der Waals surface area (Å²) in [5.74, 6) is -2.16. The lowest BCUT2D eigenvalue weighted by atomic mass is 9.98. The number of imidazole rings is 1. The molecule has 1 unspecified atom stereocenters. The van der Waals surface area contributed by atoms with Gasteiger partial charge in [-0.1, -0.05) is 12.1 Å². The number of aromatic nitrogens is 3. The molecule has 6 nitrogen and oxygen atoms in total. The molecule has 1 atom stereocenters. The summed E-state index contributed by atoms with van der Waals surface area (Å²) in [5.41, 5.74) is 1.19. The van der Waals surface area contributed by atoms with E-state index in [4.69, 9.17) is 0 Å². The fraction of sp³-hybridized carbons (Fsp3) is 0.292. The number of H-pyrrole nitrogens is 1. The van der Waals surface area contributed by atoms with E-state index in [1.807, 2.05) is 0 Å². The number of amides is 1. The first kappa shape index (κ1) is 22.5. The van der Waals surface area contributed by atoms with Crippen LogP contribution < -0.4 is 0 Å². The van der Waals surface area contributed by atoms with Crippen molar-refractivity contribution >= 4 is 28.3 Å². The van der Waals surface area contributed by atoms with Gasteiger partial charge in [-0.3, -0.25) is 4.79 Å². The van der Waals surface area contributed by atoms with Gasteiger partial charge >= 0.3 is 0 Å². The Morgan fingerprint density at radius 2 is 1.91 bits per heavy atom. The third-order valence-corrected chi connectivity index (χ3v) is 7.12. The summed E-state index contributed by atoms with van der Waals surface area (Å²) in [6, 6.07) is 8.07. The van der Waals surface area contributed by atoms with Gasteiger partial charge in [0.15, 0.2) is 11.6 Å². The predicted molar refractivity (Wildman–Crippen MR) is 122 cm³/mol. The fourth-order valence-electron chi connectivity index (χ4n) is 4.38. The lowest BCUT2D eigenvalue weighted by Crippen LogP contribution is -2.45. The van der Waals surface area contributed by atoms with E-state index in [9.17, 15) is 23.1 Å². The highest BCUT2D eigenvalue weighted by atomic mass is 32.1. The summed E-state index contributed by atoms with van der Waals surface area (Å²) in [6.45, 7) is 0.207. The number of benzene rings is 2. The highest BCUT2D eigenvalue weighted by molar-refractivity contribution is 7.15. The normalized spacial score (nSPS) is 16.4. The highest BCUT2D eigenvalue weighted by Gasteiger charge is 2.32. The number of hydrogen-bond donors (Lipinski definition) is 2. The lowest BCUT2D eigenvalue weighted by Gasteiger charge is -2.35. The lowest BCUT2D eigenvalue weighted by molar-refractivity contribution is 0.0606. The maximum absolute atomic E-state index is 14.1. The number of hydrogen-bond acceptors (Lipinski definition) is 5. The summed E-state index contributed by atoms with van der Waals surface area (Å²) in [7, 11) is 0. The molecule has 1 aliphatic rings. The SMILES string of the molecule is O=C(c1nc(CO)sc1-c1ccc(F)cc1)N1CCCCC1Cc1nc2c(F)c(F)ccc2[nH]1. The number of aliphatic hydroxyl groups is 1. The number of fused-ring (bicyclic) bond motifs is 1. The van der Waals surface area contributed by atoms with Gasteiger partial charge < -0.3 is 15.0 Å². The van der Waals surface area contributed by atoms with Crippen LogP contribution in [-0.2, 0) is 13.0 Å². The molecule has 0 radical (unpaired) electrons. The maximum Gasteiger partial charge on any atom is 0.274 e. The molecule has 0 bridgehead atoms. The van der Waals surface area contributed by atoms with Gasteiger partial charge in [0.2, 0.25) is 0 Å². The molecule has 1 saturated heterocycles. The Kier molecular flexibility index (Phi) is 6.09. The third kappa shape index (κ3) is 4.19. The molecule has 176 valence electrons. The van der Waals surface area contributed by atoms with Crippen molar-refractivity contribution in [1.29, 1.82) is 0 Å². The van der Waals surface area contributed by atoms with Crippen molar-refractivity contribution in [2.24, 2.45) is 0 Å². The molecule has 0 aliphatic carbocycles. The van der Waals surface area contributed by atoms with E-state index in [0.717, 1.165) is 25.3 Å². The van der Waals surface area contributed by atoms with Crippen LogP contribution in [-0.4, -0.2) is 43.5 Å². The van der Waals surface area contributed by atoms with Gasteiger partial charge in [0, 0.05) is 19.0 Å². The van der Waals surface area contributed by atoms with Crippen molar-refractivity contribution in [1.82, 2.24) is 19.9 Å². The molecular formula is C24H21F3N4O2S. The van der Waals surface area contributed by atoms with E-state index in [2.05, 4.69) is 15.0 Å². The second-order valence-electron chi connectivity index (χ2n) is 8.24. The molecular weight excluding hydrogens is 465 g/mol. The van der Waals surface area contributed by atoms with Gasteiger partial charge in [0.25, 0.3) is 5.91 Å². The number of aromatic amines is 1. The van der Waals surface area contributed by atoms with Crippen LogP contribution in [0.4, 0.5) is 13.2 Å². The molecule has 0 spiro atoms. The van der Waals surface area contributed by atoms with Crippen LogP contribution in [0.15, 0.2) is 36.4 Å². The standard InChI is InChI=1S/C24H21F3N4O2S/c25-14-6-4-13(5-7-14)23-22(30-19(12-32)34-23)24(33)31-10-2-1-3-15(31)11-18-28-17-9-8-16(26)20(27)21(17)29-18/h4-9,15,32H,1-3,10-12H2,(H,28,29). The second-order valence-corrected chi connectivity index (χ2v) is 9.33. The number of rotatable bonds is 5. The number of thiazole rings is 1. The Labute approximate surface area is 197 Å². The van der Waals surface area contributed by atoms with Gasteiger partial charge in [0.1, 0.15) is 27.9 Å². The molecule has 4 aromatic rings. The van der Waals surface area contributed by atoms with Crippen molar-refractivity contribution in [3.05, 3.63) is 70.4 Å². The number of nitrogens with one attached hydrogen (secondary N) is 1. The average molecular weight is 487 g/mol. The molecule has 34 heavy (non-hydrogen) atoms. The zero-order valence-corrected chi connectivity index (χ0v) is 18.8. The molecule has 2 aromatic heterocycles. The molecule has 1 amide bonds. The number of carbonyl (C=O) groups excluding carboxylic acids is 1. The number of aliphatic hydroxyl groups excluding tert-OH is 1. The number of likely N-dealkylation sites (tertiary alicyclic amines) is 1. The van der Waals surface area contributed by atoms with Crippen LogP contribution >= 0.6 is 11.3 Å². The van der Waals surface area contributed by atoms with Crippen LogP contribution in [0.2, 0.25) is 0 Å². The van der Waals surface area contributed by atoms with E-state index >= 15 is 0 Å². The van der Waals surface area contributed by atoms with Crippen LogP contribution in [0.3, 0.4) is 0 Å². The minimum absolute atomic E-state index is 0.0608. The van der Waals surface area contributed by atoms with E-state index < -0.39 is 11.6 Å². The monoisotopic (exact) mass is 486 g/mol. The van der Waals surface area contributed by atoms with Crippen molar-refractivity contribution < 1.29 is 23.1 Å². The summed E-state index contributed by atoms with van der Waals surface area (Å²) in [5, 5.41) is 10.0. The van der Waals surface area contributed by atoms with Crippen molar-refractivity contribution in [2.45, 2.75) is 38.3 Å². The Morgan fingerprint density at radius 1 is 1.12 bits per heavy atom. The molecule has 5 rings (SSSR count). The van der Waals surface area contributed by atoms with Gasteiger partial charge in [-0.25, -0.2) is 23.1 Å². The van der Waals surface area contributed by atoms with Crippen LogP contribution in [0.5, 0.6) is 0 Å². The Hall–Kier alpha value is -3.24. The molecule has 1 aliphatic heterocycles. The van der Waals surface area contributed by atoms with E-state index in [0.29, 0.717) is 39.8 Å². The van der Waals surface area contributed by atoms with E-state index in [-0.39, 0.29) is 35.6 Å². The topological polar surface area (TPSA) is 82.1 Å². The van der Waals surface area contributed by atoms with E-state index in [1.54, 1.807) is 17.0 Å². The van der Waals surface area contributed by atoms with E-state index in [1.165, 1.54) is 29.5 Å². The molecule has 2 aromatic carbocycles. The first-order chi connectivity index (χ1) is 16.4. The first-order valence-corrected chi connectivity index (χ1v) is 11.8. The average Bonchev–Trinajstić information content (AvgIpc) is 3.46. The summed E-state index contributed by atoms with van der Waals surface area (Å²) in [4.78, 5) is 27.6. The van der Waals surface area contributed by atoms with Gasteiger partial charge in [-0.05, 0) is 49.1 Å². The predicted octanol–water partition coefficient (Wildman–Crippen LogP) is 4.83. The zero-order chi connectivity index (χ0) is 23.8. The second kappa shape index (κ2) is 9.19. The van der Waals surface area contributed by atoms with Gasteiger partial charge in [-0.15, -0.1) is 11.3 Å². The minimum atomic E-state index is -1.00. The quantitative estimate of drug-likeness (QED) is 0.423. The summed E-state index contributed by atoms with van der Waals surface area (Å²) >= 11 is 1.20. The molecule has 3 heterocycles. The molecule has 1 fully saturated rings. The van der Waals surface area contributed by atoms with Gasteiger partial charge in [0.05, 0.1) is 17.0 Å². The number of halogens is 3. The van der Waals surface area contributed by atoms with Crippen molar-refractivity contribution in [3.8, 4) is 10.4 Å². The highest BCUT2D eigenvalue weighted by Crippen LogP contribution is 2.33. The first-order valence-electron chi connectivity index (χ1n) is 10.9. The van der Waals surface area contributed by atoms with Crippen LogP contribution in [0, 0.1) is 17.5 Å². The molecule has 2 N–H and O–H groups in total. The van der Waals surface area contributed by atoms with Gasteiger partial charge in [-0.2, -0.15) is 0 Å². The summed E-state index contributed by atoms with van der Waals surface area (Å²) < 4.78 is 41.1. The number of piperidine rings is 1. The Balaban J connectivity index is 1.45. The van der Waals surface area contributed by atoms with Crippen molar-refractivity contribution in [3.63, 3.8) is 0 Å². The summed E-state index contributed by atoms with van der Waals surface area (Å²) in [6.07, 6.45) is 2.82. The van der Waals surface area contributed by atoms with Crippen LogP contribution in [0.1, 0.15) is 40.6 Å².